The smallest absolute Gasteiger partial charge is 0.185 e. The molecule has 0 atom stereocenters. The van der Waals surface area contributed by atoms with Gasteiger partial charge in [-0.1, -0.05) is 60.1 Å². The van der Waals surface area contributed by atoms with Crippen molar-refractivity contribution >= 4 is 35.4 Å². The summed E-state index contributed by atoms with van der Waals surface area (Å²) in [4.78, 5) is 16.6. The number of nitrogens with zero attached hydrogens (tertiary/aromatic N) is 1. The Bertz CT molecular complexity index is 895. The van der Waals surface area contributed by atoms with Crippen molar-refractivity contribution < 1.29 is 4.79 Å². The maximum absolute atomic E-state index is 12.2. The molecule has 0 aromatic heterocycles. The van der Waals surface area contributed by atoms with E-state index < -0.39 is 0 Å². The van der Waals surface area contributed by atoms with Crippen LogP contribution in [-0.2, 0) is 0 Å². The van der Waals surface area contributed by atoms with Crippen LogP contribution in [-0.4, -0.2) is 12.0 Å². The van der Waals surface area contributed by atoms with E-state index in [9.17, 15) is 4.79 Å². The number of benzene rings is 3. The lowest BCUT2D eigenvalue weighted by Crippen LogP contribution is -1.93. The predicted octanol–water partition coefficient (Wildman–Crippen LogP) is 5.99. The van der Waals surface area contributed by atoms with Crippen molar-refractivity contribution in [3.63, 3.8) is 0 Å². The van der Waals surface area contributed by atoms with E-state index in [1.807, 2.05) is 54.6 Å². The van der Waals surface area contributed by atoms with Crippen LogP contribution in [0.4, 0.5) is 5.69 Å². The van der Waals surface area contributed by atoms with E-state index >= 15 is 0 Å². The number of carbonyl (C=O) groups excluding carboxylic acids is 1. The molecule has 3 aromatic carbocycles. The second-order valence-electron chi connectivity index (χ2n) is 5.46. The molecule has 0 radical (unpaired) electrons. The van der Waals surface area contributed by atoms with Gasteiger partial charge < -0.3 is 0 Å². The standard InChI is InChI=1S/C22H16ClNO/c23-20-11-6-17(7-12-20)8-15-22(25)19-9-13-21(14-10-19)24-16-18-4-2-1-3-5-18/h1-16H/b15-8+,24-16?. The summed E-state index contributed by atoms with van der Waals surface area (Å²) < 4.78 is 0. The lowest BCUT2D eigenvalue weighted by molar-refractivity contribution is 0.104. The summed E-state index contributed by atoms with van der Waals surface area (Å²) in [5.74, 6) is -0.0476. The summed E-state index contributed by atoms with van der Waals surface area (Å²) >= 11 is 5.85. The Hall–Kier alpha value is -2.97. The molecule has 0 saturated heterocycles. The van der Waals surface area contributed by atoms with Crippen LogP contribution in [0.25, 0.3) is 6.08 Å². The maximum atomic E-state index is 12.2. The highest BCUT2D eigenvalue weighted by Gasteiger charge is 2.01. The van der Waals surface area contributed by atoms with Gasteiger partial charge in [0.05, 0.1) is 5.69 Å². The monoisotopic (exact) mass is 345 g/mol. The van der Waals surface area contributed by atoms with Crippen LogP contribution in [0, 0.1) is 0 Å². The average molecular weight is 346 g/mol. The fourth-order valence-electron chi connectivity index (χ4n) is 2.24. The van der Waals surface area contributed by atoms with E-state index in [-0.39, 0.29) is 5.78 Å². The lowest BCUT2D eigenvalue weighted by Gasteiger charge is -1.98. The largest absolute Gasteiger partial charge is 0.289 e. The fraction of sp³-hybridized carbons (Fsp3) is 0. The van der Waals surface area contributed by atoms with Crippen molar-refractivity contribution in [3.05, 3.63) is 107 Å². The molecule has 0 aliphatic carbocycles. The molecule has 0 spiro atoms. The summed E-state index contributed by atoms with van der Waals surface area (Å²) in [6.45, 7) is 0. The second-order valence-corrected chi connectivity index (χ2v) is 5.90. The molecule has 3 aromatic rings. The highest BCUT2D eigenvalue weighted by Crippen LogP contribution is 2.15. The molecule has 2 nitrogen and oxygen atoms in total. The Kier molecular flexibility index (Phi) is 5.55. The molecule has 0 aliphatic heterocycles. The predicted molar refractivity (Wildman–Crippen MR) is 105 cm³/mol. The number of aliphatic imine (C=N–C) groups is 1. The molecular formula is C22H16ClNO. The van der Waals surface area contributed by atoms with Gasteiger partial charge in [0.25, 0.3) is 0 Å². The highest BCUT2D eigenvalue weighted by molar-refractivity contribution is 6.30. The topological polar surface area (TPSA) is 29.4 Å². The van der Waals surface area contributed by atoms with Gasteiger partial charge in [-0.15, -0.1) is 0 Å². The number of rotatable bonds is 5. The molecule has 0 unspecified atom stereocenters. The van der Waals surface area contributed by atoms with Crippen LogP contribution in [0.2, 0.25) is 5.02 Å². The highest BCUT2D eigenvalue weighted by atomic mass is 35.5. The molecule has 0 amide bonds. The number of carbonyl (C=O) groups is 1. The SMILES string of the molecule is O=C(/C=C/c1ccc(Cl)cc1)c1ccc(N=Cc2ccccc2)cc1. The van der Waals surface area contributed by atoms with E-state index in [0.717, 1.165) is 16.8 Å². The van der Waals surface area contributed by atoms with Crippen LogP contribution in [0.15, 0.2) is 89.9 Å². The van der Waals surface area contributed by atoms with Gasteiger partial charge in [0.15, 0.2) is 5.78 Å². The van der Waals surface area contributed by atoms with E-state index in [1.54, 1.807) is 42.6 Å². The fourth-order valence-corrected chi connectivity index (χ4v) is 2.37. The minimum atomic E-state index is -0.0476. The first-order chi connectivity index (χ1) is 12.2. The van der Waals surface area contributed by atoms with E-state index in [0.29, 0.717) is 10.6 Å². The van der Waals surface area contributed by atoms with Gasteiger partial charge >= 0.3 is 0 Å². The molecule has 122 valence electrons. The molecule has 0 saturated carbocycles. The van der Waals surface area contributed by atoms with Crippen LogP contribution < -0.4 is 0 Å². The zero-order chi connectivity index (χ0) is 17.5. The molecule has 0 bridgehead atoms. The van der Waals surface area contributed by atoms with Crippen LogP contribution in [0.1, 0.15) is 21.5 Å². The molecular weight excluding hydrogens is 330 g/mol. The zero-order valence-corrected chi connectivity index (χ0v) is 14.2. The third-order valence-corrected chi connectivity index (χ3v) is 3.86. The van der Waals surface area contributed by atoms with Gasteiger partial charge in [-0.2, -0.15) is 0 Å². The number of hydrogen-bond donors (Lipinski definition) is 0. The van der Waals surface area contributed by atoms with Gasteiger partial charge in [0, 0.05) is 16.8 Å². The van der Waals surface area contributed by atoms with Crippen molar-refractivity contribution in [2.45, 2.75) is 0 Å². The minimum Gasteiger partial charge on any atom is -0.289 e. The van der Waals surface area contributed by atoms with E-state index in [4.69, 9.17) is 11.6 Å². The first-order valence-corrected chi connectivity index (χ1v) is 8.26. The van der Waals surface area contributed by atoms with Crippen LogP contribution in [0.3, 0.4) is 0 Å². The molecule has 0 aliphatic rings. The normalized spacial score (nSPS) is 11.2. The minimum absolute atomic E-state index is 0.0476. The van der Waals surface area contributed by atoms with Gasteiger partial charge in [-0.25, -0.2) is 0 Å². The zero-order valence-electron chi connectivity index (χ0n) is 13.5. The number of ketones is 1. The Labute approximate surface area is 152 Å². The number of hydrogen-bond acceptors (Lipinski definition) is 2. The van der Waals surface area contributed by atoms with Crippen LogP contribution in [0.5, 0.6) is 0 Å². The van der Waals surface area contributed by atoms with E-state index in [1.165, 1.54) is 0 Å². The van der Waals surface area contributed by atoms with Gasteiger partial charge in [0.2, 0.25) is 0 Å². The van der Waals surface area contributed by atoms with Gasteiger partial charge in [0.1, 0.15) is 0 Å². The molecule has 25 heavy (non-hydrogen) atoms. The summed E-state index contributed by atoms with van der Waals surface area (Å²) in [5, 5.41) is 0.676. The third-order valence-electron chi connectivity index (χ3n) is 3.61. The molecule has 3 rings (SSSR count). The summed E-state index contributed by atoms with van der Waals surface area (Å²) in [6, 6.07) is 24.5. The Morgan fingerprint density at radius 3 is 2.16 bits per heavy atom. The first kappa shape index (κ1) is 16.9. The second kappa shape index (κ2) is 8.22. The Balaban J connectivity index is 1.66. The van der Waals surface area contributed by atoms with E-state index in [2.05, 4.69) is 4.99 Å². The van der Waals surface area contributed by atoms with Crippen LogP contribution >= 0.6 is 11.6 Å². The van der Waals surface area contributed by atoms with Gasteiger partial charge in [-0.3, -0.25) is 9.79 Å². The average Bonchev–Trinajstić information content (AvgIpc) is 2.67. The lowest BCUT2D eigenvalue weighted by atomic mass is 10.1. The van der Waals surface area contributed by atoms with Gasteiger partial charge in [-0.05, 0) is 53.6 Å². The van der Waals surface area contributed by atoms with Crippen molar-refractivity contribution in [1.82, 2.24) is 0 Å². The Morgan fingerprint density at radius 1 is 0.800 bits per heavy atom. The first-order valence-electron chi connectivity index (χ1n) is 7.88. The van der Waals surface area contributed by atoms with Crippen molar-refractivity contribution in [3.8, 4) is 0 Å². The molecule has 0 heterocycles. The van der Waals surface area contributed by atoms with Crippen molar-refractivity contribution in [2.24, 2.45) is 4.99 Å². The summed E-state index contributed by atoms with van der Waals surface area (Å²) in [7, 11) is 0. The Morgan fingerprint density at radius 2 is 1.48 bits per heavy atom. The third kappa shape index (κ3) is 5.00. The summed E-state index contributed by atoms with van der Waals surface area (Å²) in [6.07, 6.45) is 5.14. The van der Waals surface area contributed by atoms with Crippen molar-refractivity contribution in [2.75, 3.05) is 0 Å². The summed E-state index contributed by atoms with van der Waals surface area (Å²) in [5.41, 5.74) is 3.40. The number of allylic oxidation sites excluding steroid dienone is 1. The maximum Gasteiger partial charge on any atom is 0.185 e. The quantitative estimate of drug-likeness (QED) is 0.317. The molecule has 3 heteroatoms. The molecule has 0 N–H and O–H groups in total. The van der Waals surface area contributed by atoms with Crippen molar-refractivity contribution in [1.29, 1.82) is 0 Å². The molecule has 0 fully saturated rings. The number of halogens is 1.